The molecule has 94 valence electrons. The summed E-state index contributed by atoms with van der Waals surface area (Å²) in [4.78, 5) is 2.44. The number of rotatable bonds is 5. The van der Waals surface area contributed by atoms with Gasteiger partial charge in [-0.05, 0) is 19.3 Å². The Morgan fingerprint density at radius 1 is 1.12 bits per heavy atom. The highest BCUT2D eigenvalue weighted by Crippen LogP contribution is 2.27. The van der Waals surface area contributed by atoms with Crippen LogP contribution in [0.15, 0.2) is 0 Å². The lowest BCUT2D eigenvalue weighted by atomic mass is 10.3. The van der Waals surface area contributed by atoms with Gasteiger partial charge in [-0.25, -0.2) is 8.42 Å². The van der Waals surface area contributed by atoms with Gasteiger partial charge in [0.25, 0.3) is 0 Å². The second-order valence-electron chi connectivity index (χ2n) is 4.84. The number of unbranched alkanes of at least 4 members (excludes halogenated alkanes) is 1. The Bertz CT molecular complexity index is 317. The maximum absolute atomic E-state index is 11.9. The van der Waals surface area contributed by atoms with Crippen molar-refractivity contribution in [3.63, 3.8) is 0 Å². The third kappa shape index (κ3) is 2.96. The predicted octanol–water partition coefficient (Wildman–Crippen LogP) is 0.896. The van der Waals surface area contributed by atoms with Crippen LogP contribution in [-0.4, -0.2) is 55.6 Å². The van der Waals surface area contributed by atoms with E-state index >= 15 is 0 Å². The summed E-state index contributed by atoms with van der Waals surface area (Å²) in [6.07, 6.45) is 4.34. The Morgan fingerprint density at radius 2 is 1.75 bits per heavy atom. The maximum atomic E-state index is 11.9. The van der Waals surface area contributed by atoms with Gasteiger partial charge in [0.2, 0.25) is 10.0 Å². The number of piperazine rings is 1. The van der Waals surface area contributed by atoms with Crippen molar-refractivity contribution in [2.24, 2.45) is 0 Å². The summed E-state index contributed by atoms with van der Waals surface area (Å²) in [6.45, 7) is 5.28. The first kappa shape index (κ1) is 12.3. The lowest BCUT2D eigenvalue weighted by Crippen LogP contribution is -2.49. The second-order valence-corrected chi connectivity index (χ2v) is 6.92. The Labute approximate surface area is 98.7 Å². The van der Waals surface area contributed by atoms with Gasteiger partial charge < -0.3 is 0 Å². The molecule has 1 saturated heterocycles. The van der Waals surface area contributed by atoms with Gasteiger partial charge >= 0.3 is 0 Å². The van der Waals surface area contributed by atoms with Gasteiger partial charge in [0.15, 0.2) is 0 Å². The van der Waals surface area contributed by atoms with Crippen molar-refractivity contribution < 1.29 is 8.42 Å². The van der Waals surface area contributed by atoms with Crippen molar-refractivity contribution in [2.45, 2.75) is 38.6 Å². The van der Waals surface area contributed by atoms with E-state index in [0.29, 0.717) is 18.8 Å². The zero-order valence-electron chi connectivity index (χ0n) is 10.1. The van der Waals surface area contributed by atoms with Gasteiger partial charge in [0.05, 0.1) is 5.75 Å². The van der Waals surface area contributed by atoms with Gasteiger partial charge in [-0.1, -0.05) is 13.3 Å². The number of hydrogen-bond acceptors (Lipinski definition) is 3. The third-order valence-corrected chi connectivity index (χ3v) is 5.44. The first-order valence-corrected chi connectivity index (χ1v) is 7.96. The van der Waals surface area contributed by atoms with Crippen LogP contribution in [0.2, 0.25) is 0 Å². The molecule has 0 atom stereocenters. The molecule has 0 aromatic heterocycles. The van der Waals surface area contributed by atoms with E-state index in [-0.39, 0.29) is 0 Å². The van der Waals surface area contributed by atoms with E-state index < -0.39 is 10.0 Å². The highest BCUT2D eigenvalue weighted by molar-refractivity contribution is 7.89. The van der Waals surface area contributed by atoms with Gasteiger partial charge in [-0.3, -0.25) is 4.90 Å². The molecule has 0 bridgehead atoms. The Kier molecular flexibility index (Phi) is 3.87. The van der Waals surface area contributed by atoms with Crippen LogP contribution in [0.3, 0.4) is 0 Å². The van der Waals surface area contributed by atoms with Crippen molar-refractivity contribution in [2.75, 3.05) is 31.9 Å². The molecular weight excluding hydrogens is 224 g/mol. The molecule has 1 aliphatic carbocycles. The molecule has 2 aliphatic rings. The fourth-order valence-corrected chi connectivity index (χ4v) is 3.87. The molecule has 16 heavy (non-hydrogen) atoms. The van der Waals surface area contributed by atoms with Crippen molar-refractivity contribution in [1.82, 2.24) is 9.21 Å². The summed E-state index contributed by atoms with van der Waals surface area (Å²) in [5, 5.41) is 0. The molecule has 1 saturated carbocycles. The Balaban J connectivity index is 1.82. The molecule has 0 radical (unpaired) electrons. The van der Waals surface area contributed by atoms with Crippen molar-refractivity contribution in [3.8, 4) is 0 Å². The van der Waals surface area contributed by atoms with Gasteiger partial charge in [0.1, 0.15) is 0 Å². The van der Waals surface area contributed by atoms with Crippen LogP contribution >= 0.6 is 0 Å². The predicted molar refractivity (Wildman–Crippen MR) is 64.9 cm³/mol. The lowest BCUT2D eigenvalue weighted by molar-refractivity contribution is 0.180. The zero-order valence-corrected chi connectivity index (χ0v) is 10.9. The SMILES string of the molecule is CCCCS(=O)(=O)N1CCN(C2CC2)CC1. The molecule has 2 rings (SSSR count). The molecule has 0 aromatic rings. The fraction of sp³-hybridized carbons (Fsp3) is 1.00. The summed E-state index contributed by atoms with van der Waals surface area (Å²) < 4.78 is 25.6. The molecule has 0 N–H and O–H groups in total. The van der Waals surface area contributed by atoms with Crippen LogP contribution in [0, 0.1) is 0 Å². The molecule has 2 fully saturated rings. The van der Waals surface area contributed by atoms with Crippen LogP contribution in [0.25, 0.3) is 0 Å². The molecule has 4 nitrogen and oxygen atoms in total. The fourth-order valence-electron chi connectivity index (χ4n) is 2.24. The topological polar surface area (TPSA) is 40.6 Å². The summed E-state index contributed by atoms with van der Waals surface area (Å²) >= 11 is 0. The average Bonchev–Trinajstić information content (AvgIpc) is 3.10. The Hall–Kier alpha value is -0.130. The summed E-state index contributed by atoms with van der Waals surface area (Å²) in [5.74, 6) is 0.326. The highest BCUT2D eigenvalue weighted by Gasteiger charge is 2.33. The minimum Gasteiger partial charge on any atom is -0.298 e. The van der Waals surface area contributed by atoms with Crippen LogP contribution in [0.4, 0.5) is 0 Å². The van der Waals surface area contributed by atoms with Crippen molar-refractivity contribution >= 4 is 10.0 Å². The maximum Gasteiger partial charge on any atom is 0.214 e. The van der Waals surface area contributed by atoms with Crippen LogP contribution in [0.5, 0.6) is 0 Å². The molecule has 1 aliphatic heterocycles. The molecule has 0 amide bonds. The smallest absolute Gasteiger partial charge is 0.214 e. The van der Waals surface area contributed by atoms with Crippen LogP contribution in [0.1, 0.15) is 32.6 Å². The monoisotopic (exact) mass is 246 g/mol. The molecule has 0 spiro atoms. The van der Waals surface area contributed by atoms with E-state index in [1.807, 2.05) is 6.92 Å². The number of sulfonamides is 1. The molecule has 5 heteroatoms. The number of nitrogens with zero attached hydrogens (tertiary/aromatic N) is 2. The minimum absolute atomic E-state index is 0.326. The summed E-state index contributed by atoms with van der Waals surface area (Å²) in [7, 11) is -2.97. The van der Waals surface area contributed by atoms with Crippen LogP contribution in [-0.2, 0) is 10.0 Å². The quantitative estimate of drug-likeness (QED) is 0.723. The molecule has 1 heterocycles. The van der Waals surface area contributed by atoms with E-state index in [1.165, 1.54) is 12.8 Å². The standard InChI is InChI=1S/C11H22N2O2S/c1-2-3-10-16(14,15)13-8-6-12(7-9-13)11-4-5-11/h11H,2-10H2,1H3. The molecular formula is C11H22N2O2S. The summed E-state index contributed by atoms with van der Waals surface area (Å²) in [5.41, 5.74) is 0. The van der Waals surface area contributed by atoms with Gasteiger partial charge in [0, 0.05) is 32.2 Å². The second kappa shape index (κ2) is 5.02. The van der Waals surface area contributed by atoms with Crippen molar-refractivity contribution in [1.29, 1.82) is 0 Å². The first-order chi connectivity index (χ1) is 7.63. The largest absolute Gasteiger partial charge is 0.298 e. The third-order valence-electron chi connectivity index (χ3n) is 3.49. The van der Waals surface area contributed by atoms with E-state index in [9.17, 15) is 8.42 Å². The van der Waals surface area contributed by atoms with Gasteiger partial charge in [-0.15, -0.1) is 0 Å². The van der Waals surface area contributed by atoms with E-state index in [2.05, 4.69) is 4.90 Å². The zero-order chi connectivity index (χ0) is 11.6. The first-order valence-electron chi connectivity index (χ1n) is 6.35. The van der Waals surface area contributed by atoms with Crippen molar-refractivity contribution in [3.05, 3.63) is 0 Å². The lowest BCUT2D eigenvalue weighted by Gasteiger charge is -2.34. The van der Waals surface area contributed by atoms with E-state index in [1.54, 1.807) is 4.31 Å². The summed E-state index contributed by atoms with van der Waals surface area (Å²) in [6, 6.07) is 0.764. The molecule has 0 aromatic carbocycles. The normalized spacial score (nSPS) is 24.8. The molecule has 0 unspecified atom stereocenters. The van der Waals surface area contributed by atoms with E-state index in [0.717, 1.165) is 32.0 Å². The van der Waals surface area contributed by atoms with E-state index in [4.69, 9.17) is 0 Å². The Morgan fingerprint density at radius 3 is 2.25 bits per heavy atom. The van der Waals surface area contributed by atoms with Crippen LogP contribution < -0.4 is 0 Å². The van der Waals surface area contributed by atoms with Gasteiger partial charge in [-0.2, -0.15) is 4.31 Å². The average molecular weight is 246 g/mol. The highest BCUT2D eigenvalue weighted by atomic mass is 32.2. The minimum atomic E-state index is -2.97. The number of hydrogen-bond donors (Lipinski definition) is 0.